The predicted molar refractivity (Wildman–Crippen MR) is 424 cm³/mol. The molecule has 2 aromatic heterocycles. The maximum absolute atomic E-state index is 12.5. The number of rotatable bonds is 20. The van der Waals surface area contributed by atoms with Crippen LogP contribution in [0.4, 0.5) is 31.8 Å². The number of ether oxygens (including phenoxy) is 4. The number of carbonyl (C=O) groups excluding carboxylic acids is 1. The van der Waals surface area contributed by atoms with Gasteiger partial charge in [-0.15, -0.1) is 0 Å². The molecule has 4 bridgehead atoms. The highest BCUT2D eigenvalue weighted by molar-refractivity contribution is 7.60. The second-order valence-corrected chi connectivity index (χ2v) is 24.6. The van der Waals surface area contributed by atoms with Crippen LogP contribution in [0.3, 0.4) is 0 Å². The van der Waals surface area contributed by atoms with Gasteiger partial charge < -0.3 is 59.9 Å². The van der Waals surface area contributed by atoms with Crippen molar-refractivity contribution < 1.29 is 42.4 Å². The number of aryl methyl sites for hydroxylation is 2. The van der Waals surface area contributed by atoms with Crippen molar-refractivity contribution in [3.05, 3.63) is 154 Å². The lowest BCUT2D eigenvalue weighted by Gasteiger charge is -2.31. The average molecular weight is 1480 g/mol. The van der Waals surface area contributed by atoms with Crippen LogP contribution < -0.4 is 30.7 Å². The zero-order valence-corrected chi connectivity index (χ0v) is 63.8. The van der Waals surface area contributed by atoms with Gasteiger partial charge in [-0.2, -0.15) is 105 Å². The molecule has 0 aliphatic carbocycles. The minimum Gasteiger partial charge on any atom is -0.476 e. The number of hydrogen-bond acceptors (Lipinski definition) is 16. The average Bonchev–Trinajstić information content (AvgIpc) is 1.57. The van der Waals surface area contributed by atoms with Crippen molar-refractivity contribution in [2.45, 2.75) is 136 Å². The van der Waals surface area contributed by atoms with Crippen LogP contribution in [0, 0.1) is 32.9 Å². The Bertz CT molecular complexity index is 3480. The highest BCUT2D eigenvalue weighted by atomic mass is 32.1. The fourth-order valence-electron chi connectivity index (χ4n) is 13.1. The number of anilines is 4. The molecule has 6 aliphatic rings. The summed E-state index contributed by atoms with van der Waals surface area (Å²) in [6, 6.07) is 27.7. The molecule has 12 rings (SSSR count). The summed E-state index contributed by atoms with van der Waals surface area (Å²) in [5, 5.41) is 12.7. The van der Waals surface area contributed by atoms with Gasteiger partial charge in [0.05, 0.1) is 63.1 Å². The number of nitrogens with zero attached hydrogens (tertiary/aromatic N) is 11. The van der Waals surface area contributed by atoms with Gasteiger partial charge in [-0.3, -0.25) is 14.6 Å². The van der Waals surface area contributed by atoms with E-state index in [4.69, 9.17) is 58.6 Å². The van der Waals surface area contributed by atoms with Crippen LogP contribution in [0.15, 0.2) is 97.6 Å². The van der Waals surface area contributed by atoms with E-state index in [1.54, 1.807) is 13.8 Å². The Morgan fingerprint density at radius 3 is 1.43 bits per heavy atom. The number of nitrogen functional groups attached to an aromatic ring is 2. The number of aliphatic carboxylic acids is 1. The molecule has 20 nitrogen and oxygen atoms in total. The number of carbonyl (C=O) groups is 2. The van der Waals surface area contributed by atoms with Crippen molar-refractivity contribution >= 4 is 137 Å². The second kappa shape index (κ2) is 43.4. The van der Waals surface area contributed by atoms with E-state index in [1.165, 1.54) is 74.6 Å². The normalized spacial score (nSPS) is 17.8. The molecule has 5 N–H and O–H groups in total. The minimum atomic E-state index is -1.60. The number of morpholine rings is 2. The van der Waals surface area contributed by atoms with Crippen molar-refractivity contribution in [3.63, 3.8) is 0 Å². The number of benzene rings is 4. The third-order valence-corrected chi connectivity index (χ3v) is 17.8. The molecular weight excluding hydrogens is 1380 g/mol. The standard InChI is InChI=1S/2C26H31N5O2.C9H13FN2O.C7H13N.C3H3FO2.6H2S/c2*1-17-5-2-6-18-7-3-8-23(24(17)18)31-11-9-21-22(15-31)28-26(29-25(21)27)32-12-4-10-30-14-20-13-19(30)16-33-20;1-5-12(7(2)6-11-4)9(13)8(3)10;1-4-5-7(2)6-8-3;1-2(4)3(5)6;;;;;;/h2*2-3,5-8,19-20H,4,9-16H2,1H3,(H2,27,28,29);7H,3,5-6H2,1-2H3;7H,4-6H2,1-2H3;1H2,(H,5,6);6*1H2/t2*19-,20-;2*7-;;;;;;;/m0010......./s1. The number of hydrogen-bond donors (Lipinski definition) is 3. The maximum Gasteiger partial charge on any atom is 0.364 e. The van der Waals surface area contributed by atoms with Crippen molar-refractivity contribution in [1.82, 2.24) is 34.6 Å². The number of aromatic nitrogens is 4. The van der Waals surface area contributed by atoms with Crippen molar-refractivity contribution in [3.8, 4) is 12.0 Å². The van der Waals surface area contributed by atoms with Crippen LogP contribution in [-0.4, -0.2) is 167 Å². The Morgan fingerprint density at radius 1 is 0.677 bits per heavy atom. The monoisotopic (exact) mass is 1480 g/mol. The van der Waals surface area contributed by atoms with Crippen molar-refractivity contribution in [2.24, 2.45) is 5.92 Å². The zero-order valence-electron chi connectivity index (χ0n) is 57.8. The lowest BCUT2D eigenvalue weighted by molar-refractivity contribution is -0.134. The molecule has 0 unspecified atom stereocenters. The van der Waals surface area contributed by atoms with Gasteiger partial charge in [-0.25, -0.2) is 22.3 Å². The van der Waals surface area contributed by atoms with Crippen LogP contribution in [0.25, 0.3) is 31.2 Å². The van der Waals surface area contributed by atoms with Gasteiger partial charge in [0, 0.05) is 97.1 Å². The molecule has 4 saturated heterocycles. The van der Waals surface area contributed by atoms with Crippen LogP contribution in [-0.2, 0) is 45.0 Å². The Morgan fingerprint density at radius 2 is 1.09 bits per heavy atom. The summed E-state index contributed by atoms with van der Waals surface area (Å²) < 4.78 is 46.8. The molecule has 4 fully saturated rings. The number of carboxylic acids is 1. The Balaban J connectivity index is 0.000000474. The zero-order chi connectivity index (χ0) is 66.7. The lowest BCUT2D eigenvalue weighted by atomic mass is 10.00. The van der Waals surface area contributed by atoms with E-state index in [2.05, 4.69) is 153 Å². The molecule has 6 atom stereocenters. The molecule has 28 heteroatoms. The van der Waals surface area contributed by atoms with Gasteiger partial charge >= 0.3 is 18.0 Å². The fraction of sp³-hybridized carbons (Fsp3) is 0.493. The molecule has 544 valence electrons. The summed E-state index contributed by atoms with van der Waals surface area (Å²) in [5.41, 5.74) is 21.8. The first-order valence-electron chi connectivity index (χ1n) is 32.4. The SMILES string of the molecule is C=C(F)C(=O)O.Cc1cccc2cccc(N3CCc4c(N)nc(OCCCN5C[C@@H]6C[C@H]5CO6)nc4C3)c12.Cc1cccc2cccc(N3CCc4c(N)nc(OCCCN5C[C@@H]6C[C@H]5CO6)nc4C3)c12.S.S.S.S.S.S.[C-]#[N+]C[C@@H](C)CCC.[C-]#[N+]C[C@@H](C)N(CC)C(=O)C(=C)F. The first-order valence-corrected chi connectivity index (χ1v) is 32.4. The summed E-state index contributed by atoms with van der Waals surface area (Å²) in [7, 11) is 0. The number of amides is 1. The van der Waals surface area contributed by atoms with Crippen LogP contribution in [0.1, 0.15) is 99.9 Å². The van der Waals surface area contributed by atoms with E-state index in [1.807, 2.05) is 0 Å². The third-order valence-electron chi connectivity index (χ3n) is 17.8. The smallest absolute Gasteiger partial charge is 0.364 e. The highest BCUT2D eigenvalue weighted by Gasteiger charge is 2.39. The van der Waals surface area contributed by atoms with Crippen molar-refractivity contribution in [1.29, 1.82) is 0 Å². The minimum absolute atomic E-state index is 0. The summed E-state index contributed by atoms with van der Waals surface area (Å²) in [4.78, 5) is 56.4. The van der Waals surface area contributed by atoms with Gasteiger partial charge in [0.25, 0.3) is 5.91 Å². The Labute approximate surface area is 625 Å². The molecule has 0 spiro atoms. The number of likely N-dealkylation sites (N-methyl/N-ethyl adjacent to an activating group) is 1. The number of likely N-dealkylation sites (tertiary alicyclic amines) is 2. The molecule has 8 heterocycles. The van der Waals surface area contributed by atoms with Crippen molar-refractivity contribution in [2.75, 3.05) is 107 Å². The molecule has 6 aromatic rings. The second-order valence-electron chi connectivity index (χ2n) is 24.6. The Kier molecular flexibility index (Phi) is 38.8. The third kappa shape index (κ3) is 24.1. The molecule has 0 radical (unpaired) electrons. The number of nitrogens with two attached hydrogens (primary N) is 2. The maximum atomic E-state index is 12.5. The summed E-state index contributed by atoms with van der Waals surface area (Å²) in [6.45, 7) is 42.3. The molecule has 0 saturated carbocycles. The number of fused-ring (bicyclic) bond motifs is 8. The van der Waals surface area contributed by atoms with E-state index < -0.39 is 23.5 Å². The summed E-state index contributed by atoms with van der Waals surface area (Å²) in [5.74, 6) is -2.91. The van der Waals surface area contributed by atoms with Gasteiger partial charge in [0.1, 0.15) is 17.7 Å². The summed E-state index contributed by atoms with van der Waals surface area (Å²) >= 11 is 0. The number of halogens is 2. The van der Waals surface area contributed by atoms with E-state index in [-0.39, 0.29) is 93.6 Å². The predicted octanol–water partition coefficient (Wildman–Crippen LogP) is 11.8. The van der Waals surface area contributed by atoms with E-state index in [0.29, 0.717) is 93.3 Å². The van der Waals surface area contributed by atoms with E-state index >= 15 is 0 Å². The summed E-state index contributed by atoms with van der Waals surface area (Å²) in [6.07, 6.45) is 9.21. The van der Waals surface area contributed by atoms with Gasteiger partial charge in [-0.1, -0.05) is 94.1 Å². The van der Waals surface area contributed by atoms with E-state index in [0.717, 1.165) is 101 Å². The molecule has 4 aromatic carbocycles. The highest BCUT2D eigenvalue weighted by Crippen LogP contribution is 2.37. The van der Waals surface area contributed by atoms with Gasteiger partial charge in [0.2, 0.25) is 18.9 Å². The Hall–Kier alpha value is -6.44. The first kappa shape index (κ1) is 88.6. The largest absolute Gasteiger partial charge is 0.476 e. The first-order chi connectivity index (χ1) is 44.8. The molecule has 1 amide bonds. The molecule has 99 heavy (non-hydrogen) atoms. The molecule has 6 aliphatic heterocycles. The topological polar surface area (TPSA) is 220 Å². The van der Waals surface area contributed by atoms with Gasteiger partial charge in [-0.05, 0) is 107 Å². The fourth-order valence-corrected chi connectivity index (χ4v) is 13.1. The quantitative estimate of drug-likeness (QED) is 0.0367. The molecular formula is C71H103F2N13O7S6. The lowest BCUT2D eigenvalue weighted by Crippen LogP contribution is -2.40. The van der Waals surface area contributed by atoms with Crippen LogP contribution in [0.2, 0.25) is 0 Å². The van der Waals surface area contributed by atoms with Crippen LogP contribution in [0.5, 0.6) is 12.0 Å². The van der Waals surface area contributed by atoms with E-state index in [9.17, 15) is 18.4 Å². The number of carboxylic acid groups (broad SMARTS) is 1. The van der Waals surface area contributed by atoms with Crippen LogP contribution >= 0.6 is 81.0 Å². The van der Waals surface area contributed by atoms with Gasteiger partial charge in [0.15, 0.2) is 5.83 Å².